The van der Waals surface area contributed by atoms with Crippen LogP contribution in [-0.4, -0.2) is 71.0 Å². The molecule has 1 atom stereocenters. The molecule has 1 aliphatic rings. The van der Waals surface area contributed by atoms with Crippen molar-refractivity contribution in [2.75, 3.05) is 33.4 Å². The number of hydrogen-bond donors (Lipinski definition) is 1. The van der Waals surface area contributed by atoms with Gasteiger partial charge in [-0.1, -0.05) is 36.4 Å². The van der Waals surface area contributed by atoms with Gasteiger partial charge in [0.15, 0.2) is 0 Å². The summed E-state index contributed by atoms with van der Waals surface area (Å²) in [7, 11) is 1.64. The first-order chi connectivity index (χ1) is 14.2. The first kappa shape index (κ1) is 19.1. The normalized spacial score (nSPS) is 16.9. The second-order valence-corrected chi connectivity index (χ2v) is 7.18. The summed E-state index contributed by atoms with van der Waals surface area (Å²) in [6.45, 7) is 1.97. The molecule has 7 heteroatoms. The second-order valence-electron chi connectivity index (χ2n) is 7.18. The zero-order chi connectivity index (χ0) is 20.2. The van der Waals surface area contributed by atoms with Gasteiger partial charge in [-0.05, 0) is 23.3 Å². The Kier molecular flexibility index (Phi) is 5.57. The van der Waals surface area contributed by atoms with Gasteiger partial charge >= 0.3 is 0 Å². The topological polar surface area (TPSA) is 78.5 Å². The Bertz CT molecular complexity index is 997. The smallest absolute Gasteiger partial charge is 0.272 e. The Hall–Kier alpha value is -3.19. The minimum atomic E-state index is -0.113. The molecule has 150 valence electrons. The van der Waals surface area contributed by atoms with Crippen molar-refractivity contribution in [3.8, 4) is 0 Å². The molecular weight excluding hydrogens is 368 g/mol. The largest absolute Gasteiger partial charge is 0.385 e. The highest BCUT2D eigenvalue weighted by Gasteiger charge is 2.33. The van der Waals surface area contributed by atoms with Crippen LogP contribution in [0.4, 0.5) is 0 Å². The van der Waals surface area contributed by atoms with Crippen LogP contribution in [0.15, 0.2) is 55.0 Å². The number of aromatic amines is 1. The molecule has 2 aromatic carbocycles. The molecule has 0 saturated carbocycles. The summed E-state index contributed by atoms with van der Waals surface area (Å²) >= 11 is 0. The van der Waals surface area contributed by atoms with E-state index in [1.165, 1.54) is 12.5 Å². The molecule has 1 saturated heterocycles. The summed E-state index contributed by atoms with van der Waals surface area (Å²) in [5.74, 6) is -0.0984. The highest BCUT2D eigenvalue weighted by molar-refractivity contribution is 6.07. The number of fused-ring (bicyclic) bond motifs is 1. The third-order valence-electron chi connectivity index (χ3n) is 5.43. The quantitative estimate of drug-likeness (QED) is 0.724. The summed E-state index contributed by atoms with van der Waals surface area (Å²) in [4.78, 5) is 36.7. The van der Waals surface area contributed by atoms with Crippen molar-refractivity contribution in [2.24, 2.45) is 0 Å². The van der Waals surface area contributed by atoms with Gasteiger partial charge < -0.3 is 19.5 Å². The van der Waals surface area contributed by atoms with Crippen molar-refractivity contribution in [3.05, 3.63) is 66.2 Å². The van der Waals surface area contributed by atoms with E-state index in [4.69, 9.17) is 4.74 Å². The molecule has 0 bridgehead atoms. The molecular formula is C22H24N4O3. The minimum Gasteiger partial charge on any atom is -0.385 e. The standard InChI is InChI=1S/C22H24N4O3/c1-29-12-9-17-14-25(10-11-26(17)22(28)20-13-23-15-24-20)21(27)19-8-4-6-16-5-2-3-7-18(16)19/h2-8,13,15,17H,9-12,14H2,1H3,(H,23,24)/t17-/m0/s1. The third-order valence-corrected chi connectivity index (χ3v) is 5.43. The van der Waals surface area contributed by atoms with Crippen LogP contribution in [0.5, 0.6) is 0 Å². The first-order valence-corrected chi connectivity index (χ1v) is 9.74. The molecule has 0 aliphatic carbocycles. The van der Waals surface area contributed by atoms with Crippen LogP contribution in [0.3, 0.4) is 0 Å². The van der Waals surface area contributed by atoms with Crippen molar-refractivity contribution in [3.63, 3.8) is 0 Å². The highest BCUT2D eigenvalue weighted by atomic mass is 16.5. The van der Waals surface area contributed by atoms with Crippen molar-refractivity contribution in [1.29, 1.82) is 0 Å². The fraction of sp³-hybridized carbons (Fsp3) is 0.318. The summed E-state index contributed by atoms with van der Waals surface area (Å²) in [5, 5.41) is 1.99. The minimum absolute atomic E-state index is 0.00199. The van der Waals surface area contributed by atoms with E-state index in [1.807, 2.05) is 52.3 Å². The van der Waals surface area contributed by atoms with E-state index < -0.39 is 0 Å². The van der Waals surface area contributed by atoms with E-state index in [9.17, 15) is 9.59 Å². The summed E-state index contributed by atoms with van der Waals surface area (Å²) in [6.07, 6.45) is 3.69. The number of hydrogen-bond acceptors (Lipinski definition) is 4. The summed E-state index contributed by atoms with van der Waals surface area (Å²) in [5.41, 5.74) is 1.16. The number of H-pyrrole nitrogens is 1. The number of carbonyl (C=O) groups excluding carboxylic acids is 2. The average molecular weight is 392 g/mol. The number of nitrogens with zero attached hydrogens (tertiary/aromatic N) is 3. The zero-order valence-corrected chi connectivity index (χ0v) is 16.4. The van der Waals surface area contributed by atoms with Gasteiger partial charge in [0.2, 0.25) is 0 Å². The van der Waals surface area contributed by atoms with Gasteiger partial charge in [0.25, 0.3) is 11.8 Å². The van der Waals surface area contributed by atoms with Crippen molar-refractivity contribution in [2.45, 2.75) is 12.5 Å². The van der Waals surface area contributed by atoms with Crippen LogP contribution in [-0.2, 0) is 4.74 Å². The number of ether oxygens (including phenoxy) is 1. The van der Waals surface area contributed by atoms with E-state index in [0.29, 0.717) is 43.9 Å². The Morgan fingerprint density at radius 3 is 2.76 bits per heavy atom. The maximum Gasteiger partial charge on any atom is 0.272 e. The Balaban J connectivity index is 1.56. The van der Waals surface area contributed by atoms with E-state index in [2.05, 4.69) is 9.97 Å². The number of rotatable bonds is 5. The SMILES string of the molecule is COCC[C@H]1CN(C(=O)c2cccc3ccccc23)CCN1C(=O)c1cnc[nH]1. The molecule has 1 aliphatic heterocycles. The lowest BCUT2D eigenvalue weighted by atomic mass is 10.0. The van der Waals surface area contributed by atoms with Gasteiger partial charge in [-0.3, -0.25) is 9.59 Å². The molecule has 1 fully saturated rings. The Morgan fingerprint density at radius 2 is 1.97 bits per heavy atom. The van der Waals surface area contributed by atoms with Gasteiger partial charge in [-0.2, -0.15) is 0 Å². The number of piperazine rings is 1. The number of nitrogens with one attached hydrogen (secondary N) is 1. The Labute approximate surface area is 169 Å². The molecule has 2 amide bonds. The number of methoxy groups -OCH3 is 1. The van der Waals surface area contributed by atoms with Crippen LogP contribution in [0, 0.1) is 0 Å². The monoisotopic (exact) mass is 392 g/mol. The molecule has 0 spiro atoms. The predicted octanol–water partition coefficient (Wildman–Crippen LogP) is 2.57. The number of imidazole rings is 1. The van der Waals surface area contributed by atoms with Crippen molar-refractivity contribution in [1.82, 2.24) is 19.8 Å². The highest BCUT2D eigenvalue weighted by Crippen LogP contribution is 2.23. The lowest BCUT2D eigenvalue weighted by molar-refractivity contribution is 0.0320. The molecule has 29 heavy (non-hydrogen) atoms. The fourth-order valence-electron chi connectivity index (χ4n) is 3.92. The molecule has 0 radical (unpaired) electrons. The second kappa shape index (κ2) is 8.45. The van der Waals surface area contributed by atoms with Gasteiger partial charge in [0, 0.05) is 38.9 Å². The van der Waals surface area contributed by atoms with Crippen molar-refractivity contribution >= 4 is 22.6 Å². The molecule has 3 aromatic rings. The number of carbonyl (C=O) groups is 2. The number of amides is 2. The van der Waals surface area contributed by atoms with E-state index in [1.54, 1.807) is 7.11 Å². The van der Waals surface area contributed by atoms with Gasteiger partial charge in [0.05, 0.1) is 18.6 Å². The zero-order valence-electron chi connectivity index (χ0n) is 16.4. The van der Waals surface area contributed by atoms with Gasteiger partial charge in [-0.15, -0.1) is 0 Å². The predicted molar refractivity (Wildman–Crippen MR) is 110 cm³/mol. The Morgan fingerprint density at radius 1 is 1.14 bits per heavy atom. The van der Waals surface area contributed by atoms with Gasteiger partial charge in [0.1, 0.15) is 5.69 Å². The average Bonchev–Trinajstić information content (AvgIpc) is 3.31. The molecule has 1 aromatic heterocycles. The van der Waals surface area contributed by atoms with Crippen LogP contribution < -0.4 is 0 Å². The van der Waals surface area contributed by atoms with Crippen molar-refractivity contribution < 1.29 is 14.3 Å². The summed E-state index contributed by atoms with van der Waals surface area (Å²) < 4.78 is 5.24. The third kappa shape index (κ3) is 3.86. The van der Waals surface area contributed by atoms with Crippen LogP contribution in [0.1, 0.15) is 27.3 Å². The molecule has 4 rings (SSSR count). The molecule has 2 heterocycles. The van der Waals surface area contributed by atoms with Crippen LogP contribution >= 0.6 is 0 Å². The van der Waals surface area contributed by atoms with E-state index >= 15 is 0 Å². The fourth-order valence-corrected chi connectivity index (χ4v) is 3.92. The van der Waals surface area contributed by atoms with E-state index in [0.717, 1.165) is 10.8 Å². The lowest BCUT2D eigenvalue weighted by Crippen LogP contribution is -2.57. The summed E-state index contributed by atoms with van der Waals surface area (Å²) in [6, 6.07) is 13.6. The van der Waals surface area contributed by atoms with E-state index in [-0.39, 0.29) is 17.9 Å². The molecule has 7 nitrogen and oxygen atoms in total. The molecule has 1 N–H and O–H groups in total. The van der Waals surface area contributed by atoms with Crippen LogP contribution in [0.2, 0.25) is 0 Å². The number of benzene rings is 2. The number of aromatic nitrogens is 2. The lowest BCUT2D eigenvalue weighted by Gasteiger charge is -2.41. The van der Waals surface area contributed by atoms with Gasteiger partial charge in [-0.25, -0.2) is 4.98 Å². The maximum absolute atomic E-state index is 13.3. The maximum atomic E-state index is 13.3. The molecule has 0 unspecified atom stereocenters. The van der Waals surface area contributed by atoms with Crippen LogP contribution in [0.25, 0.3) is 10.8 Å². The first-order valence-electron chi connectivity index (χ1n) is 9.74.